The monoisotopic (exact) mass is 656 g/mol. The molecule has 3 amide bonds. The largest absolute Gasteiger partial charge is 0.497 e. The first-order chi connectivity index (χ1) is 21.2. The highest BCUT2D eigenvalue weighted by Crippen LogP contribution is 2.31. The first-order valence-corrected chi connectivity index (χ1v) is 17.1. The maximum atomic E-state index is 14.1. The van der Waals surface area contributed by atoms with E-state index in [0.717, 1.165) is 5.56 Å². The predicted octanol–water partition coefficient (Wildman–Crippen LogP) is 4.17. The second-order valence-electron chi connectivity index (χ2n) is 13.7. The zero-order chi connectivity index (χ0) is 35.0. The number of hydrogen-bond donors (Lipinski definition) is 3. The predicted molar refractivity (Wildman–Crippen MR) is 183 cm³/mol. The number of sulfonamides is 1. The Hall–Kier alpha value is -3.70. The molecular weight excluding hydrogens is 604 g/mol. The minimum Gasteiger partial charge on any atom is -0.497 e. The highest BCUT2D eigenvalue weighted by Gasteiger charge is 2.41. The molecule has 0 aliphatic heterocycles. The van der Waals surface area contributed by atoms with Crippen molar-refractivity contribution in [3.8, 4) is 5.75 Å². The molecule has 0 unspecified atom stereocenters. The summed E-state index contributed by atoms with van der Waals surface area (Å²) < 4.78 is 32.9. The number of hydrogen-bond acceptors (Lipinski definition) is 7. The van der Waals surface area contributed by atoms with Gasteiger partial charge < -0.3 is 20.3 Å². The first kappa shape index (κ1) is 38.5. The Bertz CT molecular complexity index is 1500. The number of methoxy groups -OCH3 is 1. The topological polar surface area (TPSA) is 134 Å². The summed E-state index contributed by atoms with van der Waals surface area (Å²) in [6.45, 7) is 14.9. The molecule has 0 aliphatic rings. The van der Waals surface area contributed by atoms with Gasteiger partial charge in [0.05, 0.1) is 24.9 Å². The molecule has 0 spiro atoms. The second kappa shape index (κ2) is 15.7. The summed E-state index contributed by atoms with van der Waals surface area (Å²) in [4.78, 5) is 42.5. The van der Waals surface area contributed by atoms with Gasteiger partial charge >= 0.3 is 0 Å². The van der Waals surface area contributed by atoms with Crippen LogP contribution < -0.4 is 20.1 Å². The standard InChI is InChI=1S/C35H52N4O6S/c1-23(2)28(20-24(3)31(40)38-46(43,44)22-25-16-13-12-14-17-25)39(10)33(42)30(34(4,5)6)37-32(41)29(36-9)35(7,8)26-18-15-19-27(21-26)45-11/h12-21,23,28-30,36H,22H2,1-11H3,(H,37,41)(H,38,40)/b24-20+/t28-,29+,30-/m1/s1. The number of carbonyl (C=O) groups is 3. The molecule has 2 aromatic rings. The van der Waals surface area contributed by atoms with Crippen LogP contribution in [0.1, 0.15) is 66.5 Å². The van der Waals surface area contributed by atoms with Crippen LogP contribution in [0.15, 0.2) is 66.2 Å². The number of carbonyl (C=O) groups excluding carboxylic acids is 3. The van der Waals surface area contributed by atoms with Crippen molar-refractivity contribution in [3.05, 3.63) is 77.4 Å². The van der Waals surface area contributed by atoms with Gasteiger partial charge in [-0.25, -0.2) is 13.1 Å². The lowest BCUT2D eigenvalue weighted by Crippen LogP contribution is -2.61. The normalized spacial score (nSPS) is 14.7. The van der Waals surface area contributed by atoms with Crippen LogP contribution in [0.4, 0.5) is 0 Å². The second-order valence-corrected chi connectivity index (χ2v) is 15.4. The summed E-state index contributed by atoms with van der Waals surface area (Å²) in [5, 5.41) is 6.15. The summed E-state index contributed by atoms with van der Waals surface area (Å²) in [5.41, 5.74) is 0.266. The Labute approximate surface area is 275 Å². The summed E-state index contributed by atoms with van der Waals surface area (Å²) >= 11 is 0. The Morgan fingerprint density at radius 3 is 2.09 bits per heavy atom. The van der Waals surface area contributed by atoms with Gasteiger partial charge in [0.15, 0.2) is 0 Å². The van der Waals surface area contributed by atoms with Crippen molar-refractivity contribution in [2.75, 3.05) is 21.2 Å². The first-order valence-electron chi connectivity index (χ1n) is 15.4. The number of likely N-dealkylation sites (N-methyl/N-ethyl adjacent to an activating group) is 2. The van der Waals surface area contributed by atoms with Crippen molar-refractivity contribution < 1.29 is 27.5 Å². The molecule has 0 heterocycles. The van der Waals surface area contributed by atoms with Crippen molar-refractivity contribution in [3.63, 3.8) is 0 Å². The van der Waals surface area contributed by atoms with E-state index in [1.165, 1.54) is 11.8 Å². The minimum atomic E-state index is -3.95. The lowest BCUT2D eigenvalue weighted by molar-refractivity contribution is -0.140. The van der Waals surface area contributed by atoms with Crippen LogP contribution in [0.2, 0.25) is 0 Å². The molecule has 3 atom stereocenters. The molecule has 0 saturated carbocycles. The third-order valence-electron chi connectivity index (χ3n) is 8.19. The Kier molecular flexibility index (Phi) is 13.2. The van der Waals surface area contributed by atoms with E-state index in [2.05, 4.69) is 15.4 Å². The van der Waals surface area contributed by atoms with Crippen molar-refractivity contribution in [2.24, 2.45) is 11.3 Å². The Morgan fingerprint density at radius 1 is 0.957 bits per heavy atom. The van der Waals surface area contributed by atoms with E-state index in [9.17, 15) is 22.8 Å². The number of nitrogens with one attached hydrogen (secondary N) is 3. The summed E-state index contributed by atoms with van der Waals surface area (Å²) in [7, 11) is 0.977. The SMILES string of the molecule is CN[C@@H](C(=O)N[C@H](C(=O)N(C)[C@H](/C=C(\C)C(=O)NS(=O)(=O)Cc1ccccc1)C(C)C)C(C)(C)C)C(C)(C)c1cccc(OC)c1. The summed E-state index contributed by atoms with van der Waals surface area (Å²) in [6, 6.07) is 14.0. The number of benzene rings is 2. The highest BCUT2D eigenvalue weighted by molar-refractivity contribution is 7.89. The number of amides is 3. The van der Waals surface area contributed by atoms with E-state index in [-0.39, 0.29) is 29.1 Å². The van der Waals surface area contributed by atoms with Gasteiger partial charge in [-0.05, 0) is 48.6 Å². The zero-order valence-corrected chi connectivity index (χ0v) is 29.9. The lowest BCUT2D eigenvalue weighted by Gasteiger charge is -2.40. The van der Waals surface area contributed by atoms with Gasteiger partial charge in [0, 0.05) is 18.0 Å². The van der Waals surface area contributed by atoms with Gasteiger partial charge in [0.25, 0.3) is 5.91 Å². The molecule has 11 heteroatoms. The van der Waals surface area contributed by atoms with Crippen molar-refractivity contribution in [1.29, 1.82) is 0 Å². The van der Waals surface area contributed by atoms with Gasteiger partial charge in [-0.2, -0.15) is 0 Å². The van der Waals surface area contributed by atoms with Crippen molar-refractivity contribution in [2.45, 2.75) is 84.7 Å². The number of nitrogens with zero attached hydrogens (tertiary/aromatic N) is 1. The third kappa shape index (κ3) is 10.2. The molecule has 0 fully saturated rings. The molecule has 10 nitrogen and oxygen atoms in total. The molecule has 0 saturated heterocycles. The fourth-order valence-corrected chi connectivity index (χ4v) is 6.52. The van der Waals surface area contributed by atoms with Gasteiger partial charge in [-0.15, -0.1) is 0 Å². The maximum Gasteiger partial charge on any atom is 0.260 e. The molecule has 2 aromatic carbocycles. The maximum absolute atomic E-state index is 14.1. The zero-order valence-electron chi connectivity index (χ0n) is 29.1. The minimum absolute atomic E-state index is 0.133. The summed E-state index contributed by atoms with van der Waals surface area (Å²) in [6.07, 6.45) is 1.60. The van der Waals surface area contributed by atoms with Crippen LogP contribution >= 0.6 is 0 Å². The lowest BCUT2D eigenvalue weighted by atomic mass is 9.76. The molecule has 2 rings (SSSR count). The Morgan fingerprint density at radius 2 is 1.57 bits per heavy atom. The molecule has 0 bridgehead atoms. The van der Waals surface area contributed by atoms with Crippen molar-refractivity contribution >= 4 is 27.7 Å². The molecule has 0 radical (unpaired) electrons. The van der Waals surface area contributed by atoms with Gasteiger partial charge in [0.1, 0.15) is 11.8 Å². The molecular formula is C35H52N4O6S. The van der Waals surface area contributed by atoms with Gasteiger partial charge in [-0.3, -0.25) is 14.4 Å². The highest BCUT2D eigenvalue weighted by atomic mass is 32.2. The van der Waals surface area contributed by atoms with Crippen LogP contribution in [0, 0.1) is 11.3 Å². The van der Waals surface area contributed by atoms with E-state index in [4.69, 9.17) is 4.74 Å². The average molecular weight is 657 g/mol. The van der Waals surface area contributed by atoms with E-state index < -0.39 is 44.9 Å². The fraction of sp³-hybridized carbons (Fsp3) is 0.514. The molecule has 0 aromatic heterocycles. The fourth-order valence-electron chi connectivity index (χ4n) is 5.37. The van der Waals surface area contributed by atoms with Gasteiger partial charge in [0.2, 0.25) is 21.8 Å². The molecule has 46 heavy (non-hydrogen) atoms. The molecule has 254 valence electrons. The van der Waals surface area contributed by atoms with Crippen LogP contribution in [0.25, 0.3) is 0 Å². The van der Waals surface area contributed by atoms with Crippen LogP contribution in [-0.2, 0) is 35.6 Å². The molecule has 3 N–H and O–H groups in total. The van der Waals surface area contributed by atoms with Crippen LogP contribution in [-0.4, -0.2) is 70.4 Å². The van der Waals surface area contributed by atoms with E-state index in [0.29, 0.717) is 11.3 Å². The van der Waals surface area contributed by atoms with E-state index in [1.54, 1.807) is 57.6 Å². The smallest absolute Gasteiger partial charge is 0.260 e. The number of ether oxygens (including phenoxy) is 1. The van der Waals surface area contributed by atoms with Crippen molar-refractivity contribution in [1.82, 2.24) is 20.3 Å². The average Bonchev–Trinajstić information content (AvgIpc) is 2.97. The van der Waals surface area contributed by atoms with E-state index in [1.807, 2.05) is 72.7 Å². The Balaban J connectivity index is 2.31. The number of rotatable bonds is 14. The van der Waals surface area contributed by atoms with E-state index >= 15 is 0 Å². The molecule has 0 aliphatic carbocycles. The van der Waals surface area contributed by atoms with Crippen LogP contribution in [0.5, 0.6) is 5.75 Å². The van der Waals surface area contributed by atoms with Crippen LogP contribution in [0.3, 0.4) is 0 Å². The van der Waals surface area contributed by atoms with Gasteiger partial charge in [-0.1, -0.05) is 97.0 Å². The summed E-state index contributed by atoms with van der Waals surface area (Å²) in [5.74, 6) is -1.24. The third-order valence-corrected chi connectivity index (χ3v) is 9.40. The quantitative estimate of drug-likeness (QED) is 0.260.